The Labute approximate surface area is 102 Å². The molecule has 2 unspecified atom stereocenters. The Balaban J connectivity index is 2.63. The van der Waals surface area contributed by atoms with Crippen LogP contribution in [0.3, 0.4) is 0 Å². The highest BCUT2D eigenvalue weighted by atomic mass is 15.2. The van der Waals surface area contributed by atoms with Crippen molar-refractivity contribution in [2.24, 2.45) is 17.6 Å². The molecule has 0 saturated carbocycles. The van der Waals surface area contributed by atoms with Gasteiger partial charge in [0.15, 0.2) is 0 Å². The number of piperidine rings is 1. The quantitative estimate of drug-likeness (QED) is 0.781. The summed E-state index contributed by atoms with van der Waals surface area (Å²) >= 11 is 0. The standard InChI is InChI=1S/C14H30N2/c1-5-13-7-6-8-16(10-13)14(4,11-15)9-12(2)3/h12-13H,5-11,15H2,1-4H3. The number of likely N-dealkylation sites (tertiary alicyclic amines) is 1. The predicted molar refractivity (Wildman–Crippen MR) is 71.5 cm³/mol. The zero-order valence-corrected chi connectivity index (χ0v) is 11.6. The molecule has 1 rings (SSSR count). The lowest BCUT2D eigenvalue weighted by Crippen LogP contribution is -2.55. The zero-order chi connectivity index (χ0) is 12.2. The molecule has 2 heteroatoms. The summed E-state index contributed by atoms with van der Waals surface area (Å²) in [6.07, 6.45) is 5.31. The van der Waals surface area contributed by atoms with E-state index in [9.17, 15) is 0 Å². The van der Waals surface area contributed by atoms with Gasteiger partial charge in [-0.05, 0) is 44.6 Å². The van der Waals surface area contributed by atoms with E-state index in [1.807, 2.05) is 0 Å². The van der Waals surface area contributed by atoms with Crippen LogP contribution in [0.1, 0.15) is 53.4 Å². The molecule has 0 amide bonds. The fourth-order valence-corrected chi connectivity index (χ4v) is 3.11. The van der Waals surface area contributed by atoms with Crippen LogP contribution in [0.5, 0.6) is 0 Å². The van der Waals surface area contributed by atoms with E-state index in [1.54, 1.807) is 0 Å². The summed E-state index contributed by atoms with van der Waals surface area (Å²) in [6, 6.07) is 0. The maximum absolute atomic E-state index is 6.03. The summed E-state index contributed by atoms with van der Waals surface area (Å²) in [7, 11) is 0. The van der Waals surface area contributed by atoms with Gasteiger partial charge in [-0.1, -0.05) is 27.2 Å². The Bertz CT molecular complexity index is 203. The van der Waals surface area contributed by atoms with Gasteiger partial charge in [-0.25, -0.2) is 0 Å². The van der Waals surface area contributed by atoms with E-state index >= 15 is 0 Å². The molecule has 0 aromatic heterocycles. The summed E-state index contributed by atoms with van der Waals surface area (Å²) in [6.45, 7) is 12.6. The molecule has 2 N–H and O–H groups in total. The van der Waals surface area contributed by atoms with Crippen LogP contribution in [0, 0.1) is 11.8 Å². The summed E-state index contributed by atoms with van der Waals surface area (Å²) in [5.74, 6) is 1.63. The first-order valence-corrected chi connectivity index (χ1v) is 6.97. The van der Waals surface area contributed by atoms with Crippen molar-refractivity contribution in [3.63, 3.8) is 0 Å². The van der Waals surface area contributed by atoms with Gasteiger partial charge in [0.05, 0.1) is 0 Å². The third-order valence-electron chi connectivity index (χ3n) is 4.15. The zero-order valence-electron chi connectivity index (χ0n) is 11.6. The van der Waals surface area contributed by atoms with Crippen LogP contribution < -0.4 is 5.73 Å². The van der Waals surface area contributed by atoms with E-state index in [4.69, 9.17) is 5.73 Å². The van der Waals surface area contributed by atoms with E-state index in [2.05, 4.69) is 32.6 Å². The van der Waals surface area contributed by atoms with Crippen LogP contribution in [0.15, 0.2) is 0 Å². The highest BCUT2D eigenvalue weighted by Crippen LogP contribution is 2.29. The average Bonchev–Trinajstić information content (AvgIpc) is 2.28. The van der Waals surface area contributed by atoms with E-state index in [0.29, 0.717) is 0 Å². The van der Waals surface area contributed by atoms with Crippen LogP contribution in [0.4, 0.5) is 0 Å². The number of hydrogen-bond donors (Lipinski definition) is 1. The van der Waals surface area contributed by atoms with Gasteiger partial charge in [0, 0.05) is 18.6 Å². The fraction of sp³-hybridized carbons (Fsp3) is 1.00. The van der Waals surface area contributed by atoms with Gasteiger partial charge in [0.25, 0.3) is 0 Å². The highest BCUT2D eigenvalue weighted by Gasteiger charge is 2.34. The maximum atomic E-state index is 6.03. The lowest BCUT2D eigenvalue weighted by atomic mass is 9.85. The Morgan fingerprint density at radius 3 is 2.62 bits per heavy atom. The van der Waals surface area contributed by atoms with Crippen LogP contribution >= 0.6 is 0 Å². The molecule has 0 spiro atoms. The molecule has 1 aliphatic rings. The molecule has 96 valence electrons. The second-order valence-electron chi connectivity index (χ2n) is 6.16. The van der Waals surface area contributed by atoms with Crippen LogP contribution in [0.25, 0.3) is 0 Å². The Kier molecular flexibility index (Phi) is 5.26. The van der Waals surface area contributed by atoms with Gasteiger partial charge in [0.1, 0.15) is 0 Å². The first-order chi connectivity index (χ1) is 7.51. The minimum absolute atomic E-state index is 0.224. The first-order valence-electron chi connectivity index (χ1n) is 6.97. The number of hydrogen-bond acceptors (Lipinski definition) is 2. The van der Waals surface area contributed by atoms with E-state index in [0.717, 1.165) is 18.4 Å². The lowest BCUT2D eigenvalue weighted by molar-refractivity contribution is 0.0440. The van der Waals surface area contributed by atoms with Gasteiger partial charge in [-0.2, -0.15) is 0 Å². The molecule has 1 fully saturated rings. The van der Waals surface area contributed by atoms with Crippen LogP contribution in [-0.2, 0) is 0 Å². The van der Waals surface area contributed by atoms with Gasteiger partial charge in [-0.3, -0.25) is 4.90 Å². The molecule has 0 aromatic rings. The molecule has 0 aliphatic carbocycles. The van der Waals surface area contributed by atoms with Crippen molar-refractivity contribution in [1.82, 2.24) is 4.90 Å². The summed E-state index contributed by atoms with van der Waals surface area (Å²) in [5.41, 5.74) is 6.26. The van der Waals surface area contributed by atoms with Crippen molar-refractivity contribution < 1.29 is 0 Å². The van der Waals surface area contributed by atoms with Crippen molar-refractivity contribution in [2.75, 3.05) is 19.6 Å². The van der Waals surface area contributed by atoms with Crippen molar-refractivity contribution in [3.05, 3.63) is 0 Å². The second kappa shape index (κ2) is 6.02. The molecular weight excluding hydrogens is 196 g/mol. The number of nitrogens with two attached hydrogens (primary N) is 1. The SMILES string of the molecule is CCC1CCCN(C(C)(CN)CC(C)C)C1. The van der Waals surface area contributed by atoms with Crippen molar-refractivity contribution in [2.45, 2.75) is 58.9 Å². The van der Waals surface area contributed by atoms with Crippen LogP contribution in [0.2, 0.25) is 0 Å². The molecule has 1 heterocycles. The Hall–Kier alpha value is -0.0800. The van der Waals surface area contributed by atoms with Crippen molar-refractivity contribution in [1.29, 1.82) is 0 Å². The molecule has 2 atom stereocenters. The van der Waals surface area contributed by atoms with Gasteiger partial charge in [0.2, 0.25) is 0 Å². The second-order valence-corrected chi connectivity index (χ2v) is 6.16. The highest BCUT2D eigenvalue weighted by molar-refractivity contribution is 4.91. The Morgan fingerprint density at radius 1 is 1.44 bits per heavy atom. The van der Waals surface area contributed by atoms with E-state index in [1.165, 1.54) is 38.8 Å². The number of nitrogens with zero attached hydrogens (tertiary/aromatic N) is 1. The average molecular weight is 226 g/mol. The van der Waals surface area contributed by atoms with Gasteiger partial charge >= 0.3 is 0 Å². The molecule has 16 heavy (non-hydrogen) atoms. The smallest absolute Gasteiger partial charge is 0.0306 e. The third kappa shape index (κ3) is 3.46. The fourth-order valence-electron chi connectivity index (χ4n) is 3.11. The molecule has 0 aromatic carbocycles. The van der Waals surface area contributed by atoms with Gasteiger partial charge < -0.3 is 5.73 Å². The van der Waals surface area contributed by atoms with Crippen LogP contribution in [-0.4, -0.2) is 30.1 Å². The summed E-state index contributed by atoms with van der Waals surface area (Å²) < 4.78 is 0. The lowest BCUT2D eigenvalue weighted by Gasteiger charge is -2.46. The van der Waals surface area contributed by atoms with E-state index < -0.39 is 0 Å². The van der Waals surface area contributed by atoms with Gasteiger partial charge in [-0.15, -0.1) is 0 Å². The maximum Gasteiger partial charge on any atom is 0.0306 e. The third-order valence-corrected chi connectivity index (χ3v) is 4.15. The summed E-state index contributed by atoms with van der Waals surface area (Å²) in [4.78, 5) is 2.66. The predicted octanol–water partition coefficient (Wildman–Crippen LogP) is 2.87. The normalized spacial score (nSPS) is 27.0. The topological polar surface area (TPSA) is 29.3 Å². The Morgan fingerprint density at radius 2 is 2.12 bits per heavy atom. The molecular formula is C14H30N2. The first kappa shape index (κ1) is 14.0. The number of rotatable bonds is 5. The largest absolute Gasteiger partial charge is 0.329 e. The van der Waals surface area contributed by atoms with Crippen molar-refractivity contribution >= 4 is 0 Å². The molecule has 2 nitrogen and oxygen atoms in total. The van der Waals surface area contributed by atoms with Crippen molar-refractivity contribution in [3.8, 4) is 0 Å². The molecule has 1 saturated heterocycles. The molecule has 1 aliphatic heterocycles. The molecule has 0 bridgehead atoms. The molecule has 0 radical (unpaired) electrons. The minimum atomic E-state index is 0.224. The minimum Gasteiger partial charge on any atom is -0.329 e. The summed E-state index contributed by atoms with van der Waals surface area (Å²) in [5, 5.41) is 0. The monoisotopic (exact) mass is 226 g/mol. The van der Waals surface area contributed by atoms with E-state index in [-0.39, 0.29) is 5.54 Å².